The zero-order chi connectivity index (χ0) is 30.6. The SMILES string of the molecule is Oc1ccc2c3c1O[C@H]1c4[nH]c5ccc(NC(=NCc6ccccc6)NCC6CC6)cc5c4C[C@@]4(O)[C@@H](C2)N(CC2CC2)CC[C@]314. The van der Waals surface area contributed by atoms with Gasteiger partial charge < -0.3 is 30.6 Å². The first kappa shape index (κ1) is 27.1. The molecule has 5 N–H and O–H groups in total. The molecule has 3 aromatic carbocycles. The first-order chi connectivity index (χ1) is 22.5. The van der Waals surface area contributed by atoms with E-state index >= 15 is 0 Å². The first-order valence-corrected chi connectivity index (χ1v) is 17.2. The number of nitrogens with zero attached hydrogens (tertiary/aromatic N) is 2. The van der Waals surface area contributed by atoms with E-state index in [1.807, 2.05) is 6.07 Å². The number of piperidine rings is 1. The van der Waals surface area contributed by atoms with Gasteiger partial charge in [-0.1, -0.05) is 36.4 Å². The molecule has 0 radical (unpaired) electrons. The fraction of sp³-hybridized carbons (Fsp3) is 0.447. The van der Waals surface area contributed by atoms with Crippen LogP contribution in [0.1, 0.15) is 66.2 Å². The van der Waals surface area contributed by atoms with E-state index in [-0.39, 0.29) is 17.9 Å². The molecular formula is C38H41N5O3. The number of nitrogens with one attached hydrogen (secondary N) is 3. The lowest BCUT2D eigenvalue weighted by Gasteiger charge is -2.62. The summed E-state index contributed by atoms with van der Waals surface area (Å²) >= 11 is 0. The Balaban J connectivity index is 1.05. The maximum atomic E-state index is 13.2. The highest BCUT2D eigenvalue weighted by molar-refractivity contribution is 5.97. The second-order valence-corrected chi connectivity index (χ2v) is 14.8. The van der Waals surface area contributed by atoms with E-state index in [1.165, 1.54) is 36.8 Å². The summed E-state index contributed by atoms with van der Waals surface area (Å²) in [6.07, 6.45) is 6.91. The van der Waals surface area contributed by atoms with Crippen molar-refractivity contribution in [2.75, 3.05) is 25.0 Å². The Morgan fingerprint density at radius 1 is 1.04 bits per heavy atom. The highest BCUT2D eigenvalue weighted by atomic mass is 16.5. The van der Waals surface area contributed by atoms with Gasteiger partial charge in [0.15, 0.2) is 23.6 Å². The molecule has 0 amide bonds. The maximum Gasteiger partial charge on any atom is 0.196 e. The summed E-state index contributed by atoms with van der Waals surface area (Å²) in [7, 11) is 0. The van der Waals surface area contributed by atoms with Crippen LogP contribution in [0, 0.1) is 11.8 Å². The van der Waals surface area contributed by atoms with E-state index in [0.717, 1.165) is 83.7 Å². The molecule has 4 aromatic rings. The van der Waals surface area contributed by atoms with Gasteiger partial charge in [0.05, 0.1) is 23.3 Å². The molecule has 46 heavy (non-hydrogen) atoms. The molecule has 2 aliphatic heterocycles. The minimum Gasteiger partial charge on any atom is -0.504 e. The van der Waals surface area contributed by atoms with Crippen molar-refractivity contribution >= 4 is 22.5 Å². The van der Waals surface area contributed by atoms with Crippen molar-refractivity contribution in [3.63, 3.8) is 0 Å². The van der Waals surface area contributed by atoms with E-state index in [4.69, 9.17) is 9.73 Å². The number of aliphatic hydroxyl groups is 1. The summed E-state index contributed by atoms with van der Waals surface area (Å²) in [6, 6.07) is 20.7. The molecule has 4 atom stereocenters. The van der Waals surface area contributed by atoms with Crippen LogP contribution in [-0.2, 0) is 24.8 Å². The van der Waals surface area contributed by atoms with Crippen LogP contribution in [0.5, 0.6) is 11.5 Å². The molecule has 1 spiro atoms. The smallest absolute Gasteiger partial charge is 0.196 e. The van der Waals surface area contributed by atoms with Crippen molar-refractivity contribution in [3.8, 4) is 11.5 Å². The number of aliphatic imine (C=N–C) groups is 1. The molecule has 1 saturated heterocycles. The molecule has 8 nitrogen and oxygen atoms in total. The van der Waals surface area contributed by atoms with Gasteiger partial charge in [0.25, 0.3) is 0 Å². The number of anilines is 1. The molecular weight excluding hydrogens is 574 g/mol. The molecule has 8 heteroatoms. The third kappa shape index (κ3) is 3.95. The monoisotopic (exact) mass is 615 g/mol. The summed E-state index contributed by atoms with van der Waals surface area (Å²) in [5, 5.41) is 32.5. The quantitative estimate of drug-likeness (QED) is 0.138. The van der Waals surface area contributed by atoms with Crippen molar-refractivity contribution in [2.45, 2.75) is 74.7 Å². The zero-order valence-electron chi connectivity index (χ0n) is 26.1. The van der Waals surface area contributed by atoms with Crippen LogP contribution >= 0.6 is 0 Å². The summed E-state index contributed by atoms with van der Waals surface area (Å²) in [5.74, 6) is 3.00. The lowest BCUT2D eigenvalue weighted by Crippen LogP contribution is -2.74. The molecule has 6 aliphatic rings. The summed E-state index contributed by atoms with van der Waals surface area (Å²) < 4.78 is 6.78. The number of aromatic amines is 1. The van der Waals surface area contributed by atoms with Gasteiger partial charge in [0, 0.05) is 47.7 Å². The number of rotatable bonds is 7. The number of H-pyrrole nitrogens is 1. The van der Waals surface area contributed by atoms with Crippen LogP contribution in [0.25, 0.3) is 10.9 Å². The number of fused-ring (bicyclic) bond motifs is 4. The van der Waals surface area contributed by atoms with Crippen molar-refractivity contribution in [1.82, 2.24) is 15.2 Å². The Hall–Kier alpha value is -4.01. The van der Waals surface area contributed by atoms with E-state index < -0.39 is 11.0 Å². The van der Waals surface area contributed by atoms with Crippen LogP contribution in [0.15, 0.2) is 65.7 Å². The number of hydrogen-bond donors (Lipinski definition) is 5. The summed E-state index contributed by atoms with van der Waals surface area (Å²) in [6.45, 7) is 3.53. The highest BCUT2D eigenvalue weighted by Crippen LogP contribution is 2.69. The maximum absolute atomic E-state index is 13.2. The first-order valence-electron chi connectivity index (χ1n) is 17.2. The molecule has 3 heterocycles. The summed E-state index contributed by atoms with van der Waals surface area (Å²) in [5.41, 5.74) is 6.03. The fourth-order valence-corrected chi connectivity index (χ4v) is 9.29. The van der Waals surface area contributed by atoms with Crippen LogP contribution in [-0.4, -0.2) is 57.3 Å². The molecule has 3 fully saturated rings. The number of phenols is 1. The Kier molecular flexibility index (Phi) is 5.75. The van der Waals surface area contributed by atoms with Crippen LogP contribution in [0.4, 0.5) is 5.69 Å². The van der Waals surface area contributed by atoms with Gasteiger partial charge >= 0.3 is 0 Å². The number of ether oxygens (including phenoxy) is 1. The van der Waals surface area contributed by atoms with Gasteiger partial charge in [-0.3, -0.25) is 4.90 Å². The standard InChI is InChI=1S/C38H41N5O3/c44-30-13-10-25-16-31-38(45)18-28-27-17-26(41-36(40-20-23-6-7-23)39-19-22-4-2-1-3-5-22)11-12-29(27)42-33(28)35-37(38,32(25)34(30)46-35)14-15-43(31)21-24-8-9-24/h1-5,10-13,17,23-24,31,35,42,44-45H,6-9,14-16,18-21H2,(H2,39,40,41)/t31-,35+,37+,38-/m1/s1. The molecule has 2 saturated carbocycles. The lowest BCUT2D eigenvalue weighted by molar-refractivity contribution is -0.173. The number of hydrogen-bond acceptors (Lipinski definition) is 5. The second-order valence-electron chi connectivity index (χ2n) is 14.8. The van der Waals surface area contributed by atoms with Gasteiger partial charge in [0.2, 0.25) is 0 Å². The topological polar surface area (TPSA) is 105 Å². The Morgan fingerprint density at radius 2 is 1.89 bits per heavy atom. The number of benzene rings is 3. The van der Waals surface area contributed by atoms with E-state index in [2.05, 4.69) is 69.0 Å². The predicted molar refractivity (Wildman–Crippen MR) is 178 cm³/mol. The predicted octanol–water partition coefficient (Wildman–Crippen LogP) is 5.54. The molecule has 1 aromatic heterocycles. The van der Waals surface area contributed by atoms with Crippen LogP contribution in [0.2, 0.25) is 0 Å². The molecule has 236 valence electrons. The van der Waals surface area contributed by atoms with Crippen molar-refractivity contribution < 1.29 is 14.9 Å². The summed E-state index contributed by atoms with van der Waals surface area (Å²) in [4.78, 5) is 11.3. The Bertz CT molecular complexity index is 1900. The van der Waals surface area contributed by atoms with E-state index in [0.29, 0.717) is 18.7 Å². The molecule has 4 aliphatic carbocycles. The van der Waals surface area contributed by atoms with Crippen molar-refractivity contribution in [2.24, 2.45) is 16.8 Å². The third-order valence-electron chi connectivity index (χ3n) is 11.9. The minimum atomic E-state index is -1.00. The van der Waals surface area contributed by atoms with E-state index in [9.17, 15) is 10.2 Å². The normalized spacial score (nSPS) is 29.3. The van der Waals surface area contributed by atoms with Gasteiger partial charge in [0.1, 0.15) is 0 Å². The van der Waals surface area contributed by atoms with Crippen molar-refractivity contribution in [3.05, 3.63) is 88.6 Å². The third-order valence-corrected chi connectivity index (χ3v) is 11.9. The largest absolute Gasteiger partial charge is 0.504 e. The van der Waals surface area contributed by atoms with Gasteiger partial charge in [-0.05, 0) is 97.9 Å². The number of aromatic nitrogens is 1. The average Bonchev–Trinajstić information content (AvgIpc) is 3.99. The van der Waals surface area contributed by atoms with Gasteiger partial charge in [-0.2, -0.15) is 0 Å². The molecule has 2 bridgehead atoms. The second kappa shape index (κ2) is 9.75. The Labute approximate surface area is 268 Å². The van der Waals surface area contributed by atoms with Gasteiger partial charge in [-0.15, -0.1) is 0 Å². The minimum absolute atomic E-state index is 0.0127. The van der Waals surface area contributed by atoms with Gasteiger partial charge in [-0.25, -0.2) is 4.99 Å². The van der Waals surface area contributed by atoms with Crippen LogP contribution < -0.4 is 15.4 Å². The molecule has 0 unspecified atom stereocenters. The number of phenolic OH excluding ortho intramolecular Hbond substituents is 1. The Morgan fingerprint density at radius 3 is 2.72 bits per heavy atom. The van der Waals surface area contributed by atoms with Crippen molar-refractivity contribution in [1.29, 1.82) is 0 Å². The molecule has 10 rings (SSSR count). The lowest BCUT2D eigenvalue weighted by atomic mass is 9.49. The average molecular weight is 616 g/mol. The van der Waals surface area contributed by atoms with E-state index in [1.54, 1.807) is 6.07 Å². The number of aromatic hydroxyl groups is 1. The highest BCUT2D eigenvalue weighted by Gasteiger charge is 2.72. The van der Waals surface area contributed by atoms with Crippen LogP contribution in [0.3, 0.4) is 0 Å². The number of likely N-dealkylation sites (tertiary alicyclic amines) is 1. The number of guanidine groups is 1. The fourth-order valence-electron chi connectivity index (χ4n) is 9.29. The zero-order valence-corrected chi connectivity index (χ0v) is 26.1.